The molecule has 1 aliphatic rings. The predicted molar refractivity (Wildman–Crippen MR) is 66.0 cm³/mol. The van der Waals surface area contributed by atoms with Crippen molar-refractivity contribution in [3.63, 3.8) is 0 Å². The summed E-state index contributed by atoms with van der Waals surface area (Å²) in [5.74, 6) is 1.05. The Labute approximate surface area is 92.9 Å². The highest BCUT2D eigenvalue weighted by molar-refractivity contribution is 5.64. The van der Waals surface area contributed by atoms with Crippen molar-refractivity contribution >= 4 is 5.69 Å². The molecule has 1 heterocycles. The third kappa shape index (κ3) is 2.44. The van der Waals surface area contributed by atoms with E-state index >= 15 is 0 Å². The zero-order chi connectivity index (χ0) is 11.4. The van der Waals surface area contributed by atoms with Crippen LogP contribution in [-0.4, -0.2) is 20.2 Å². The molecule has 1 aromatic carbocycles. The Bertz CT molecular complexity index is 334. The smallest absolute Gasteiger partial charge is 0.145 e. The maximum atomic E-state index is 5.64. The van der Waals surface area contributed by atoms with E-state index in [1.54, 1.807) is 0 Å². The molecule has 0 amide bonds. The Morgan fingerprint density at radius 1 is 1.20 bits per heavy atom. The number of likely N-dealkylation sites (N-methyl/N-ethyl adjacent to an activating group) is 1. The SMILES string of the molecule is CC.Cc1cc(C)c2c(c1)N(C)CCO2. The van der Waals surface area contributed by atoms with Crippen molar-refractivity contribution in [3.05, 3.63) is 23.3 Å². The van der Waals surface area contributed by atoms with Gasteiger partial charge >= 0.3 is 0 Å². The zero-order valence-electron chi connectivity index (χ0n) is 10.4. The first kappa shape index (κ1) is 11.9. The highest BCUT2D eigenvalue weighted by atomic mass is 16.5. The van der Waals surface area contributed by atoms with Gasteiger partial charge in [-0.05, 0) is 31.0 Å². The molecule has 84 valence electrons. The summed E-state index contributed by atoms with van der Waals surface area (Å²) < 4.78 is 5.64. The molecule has 2 heteroatoms. The van der Waals surface area contributed by atoms with E-state index in [2.05, 4.69) is 37.9 Å². The molecule has 0 atom stereocenters. The van der Waals surface area contributed by atoms with Crippen LogP contribution in [0.25, 0.3) is 0 Å². The van der Waals surface area contributed by atoms with Crippen LogP contribution in [0.4, 0.5) is 5.69 Å². The lowest BCUT2D eigenvalue weighted by Gasteiger charge is -2.29. The average Bonchev–Trinajstić information content (AvgIpc) is 2.23. The predicted octanol–water partition coefficient (Wildman–Crippen LogP) is 3.16. The summed E-state index contributed by atoms with van der Waals surface area (Å²) in [6, 6.07) is 4.35. The van der Waals surface area contributed by atoms with Crippen molar-refractivity contribution in [1.29, 1.82) is 0 Å². The van der Waals surface area contributed by atoms with Crippen molar-refractivity contribution in [2.45, 2.75) is 27.7 Å². The van der Waals surface area contributed by atoms with Gasteiger partial charge in [0.2, 0.25) is 0 Å². The molecule has 0 N–H and O–H groups in total. The lowest BCUT2D eigenvalue weighted by atomic mass is 10.1. The molecule has 0 fully saturated rings. The summed E-state index contributed by atoms with van der Waals surface area (Å²) in [5.41, 5.74) is 3.76. The number of hydrogen-bond donors (Lipinski definition) is 0. The lowest BCUT2D eigenvalue weighted by Crippen LogP contribution is -2.29. The number of ether oxygens (including phenoxy) is 1. The number of benzene rings is 1. The Morgan fingerprint density at radius 2 is 1.87 bits per heavy atom. The Hall–Kier alpha value is -1.18. The molecule has 0 radical (unpaired) electrons. The minimum atomic E-state index is 0.799. The van der Waals surface area contributed by atoms with E-state index in [4.69, 9.17) is 4.74 Å². The molecule has 0 spiro atoms. The van der Waals surface area contributed by atoms with E-state index in [0.29, 0.717) is 0 Å². The molecule has 2 nitrogen and oxygen atoms in total. The maximum absolute atomic E-state index is 5.64. The fourth-order valence-corrected chi connectivity index (χ4v) is 1.81. The van der Waals surface area contributed by atoms with Crippen molar-refractivity contribution in [1.82, 2.24) is 0 Å². The van der Waals surface area contributed by atoms with Crippen molar-refractivity contribution < 1.29 is 4.74 Å². The first-order chi connectivity index (χ1) is 7.18. The fraction of sp³-hybridized carbons (Fsp3) is 0.538. The van der Waals surface area contributed by atoms with E-state index < -0.39 is 0 Å². The van der Waals surface area contributed by atoms with Crippen LogP contribution in [0.15, 0.2) is 12.1 Å². The number of anilines is 1. The third-order valence-corrected chi connectivity index (χ3v) is 2.48. The summed E-state index contributed by atoms with van der Waals surface area (Å²) in [6.45, 7) is 10.0. The van der Waals surface area contributed by atoms with Gasteiger partial charge < -0.3 is 9.64 Å². The van der Waals surface area contributed by atoms with Crippen LogP contribution >= 0.6 is 0 Å². The number of rotatable bonds is 0. The van der Waals surface area contributed by atoms with Crippen LogP contribution < -0.4 is 9.64 Å². The quantitative estimate of drug-likeness (QED) is 0.648. The normalized spacial score (nSPS) is 13.5. The molecule has 1 aromatic rings. The zero-order valence-corrected chi connectivity index (χ0v) is 10.4. The molecule has 2 rings (SSSR count). The number of fused-ring (bicyclic) bond motifs is 1. The maximum Gasteiger partial charge on any atom is 0.145 e. The van der Waals surface area contributed by atoms with Crippen LogP contribution in [-0.2, 0) is 0 Å². The van der Waals surface area contributed by atoms with Gasteiger partial charge in [-0.2, -0.15) is 0 Å². The van der Waals surface area contributed by atoms with Crippen LogP contribution in [0.3, 0.4) is 0 Å². The molecular formula is C13H21NO. The fourth-order valence-electron chi connectivity index (χ4n) is 1.81. The Morgan fingerprint density at radius 3 is 2.53 bits per heavy atom. The van der Waals surface area contributed by atoms with Gasteiger partial charge in [0.25, 0.3) is 0 Å². The van der Waals surface area contributed by atoms with E-state index in [9.17, 15) is 0 Å². The first-order valence-electron chi connectivity index (χ1n) is 5.63. The van der Waals surface area contributed by atoms with Gasteiger partial charge in [-0.25, -0.2) is 0 Å². The van der Waals surface area contributed by atoms with Crippen molar-refractivity contribution in [2.75, 3.05) is 25.1 Å². The van der Waals surface area contributed by atoms with E-state index in [-0.39, 0.29) is 0 Å². The molecule has 15 heavy (non-hydrogen) atoms. The minimum absolute atomic E-state index is 0.799. The first-order valence-corrected chi connectivity index (χ1v) is 5.63. The highest BCUT2D eigenvalue weighted by Crippen LogP contribution is 2.34. The molecule has 0 saturated carbocycles. The second-order valence-electron chi connectivity index (χ2n) is 3.70. The molecule has 1 aliphatic heterocycles. The van der Waals surface area contributed by atoms with E-state index in [1.165, 1.54) is 16.8 Å². The van der Waals surface area contributed by atoms with Crippen molar-refractivity contribution in [3.8, 4) is 5.75 Å². The van der Waals surface area contributed by atoms with Gasteiger partial charge in [0.15, 0.2) is 0 Å². The van der Waals surface area contributed by atoms with Crippen LogP contribution in [0, 0.1) is 13.8 Å². The second-order valence-corrected chi connectivity index (χ2v) is 3.70. The van der Waals surface area contributed by atoms with Crippen LogP contribution in [0.5, 0.6) is 5.75 Å². The molecule has 0 bridgehead atoms. The Kier molecular flexibility index (Phi) is 4.01. The van der Waals surface area contributed by atoms with Gasteiger partial charge in [0.1, 0.15) is 12.4 Å². The largest absolute Gasteiger partial charge is 0.489 e. The van der Waals surface area contributed by atoms with Gasteiger partial charge in [-0.1, -0.05) is 19.9 Å². The second kappa shape index (κ2) is 5.06. The van der Waals surface area contributed by atoms with Crippen LogP contribution in [0.2, 0.25) is 0 Å². The van der Waals surface area contributed by atoms with E-state index in [1.807, 2.05) is 13.8 Å². The highest BCUT2D eigenvalue weighted by Gasteiger charge is 2.16. The number of hydrogen-bond acceptors (Lipinski definition) is 2. The molecular weight excluding hydrogens is 186 g/mol. The third-order valence-electron chi connectivity index (χ3n) is 2.48. The number of nitrogens with zero attached hydrogens (tertiary/aromatic N) is 1. The standard InChI is InChI=1S/C11H15NO.C2H6/c1-8-6-9(2)11-10(7-8)12(3)4-5-13-11;1-2/h6-7H,4-5H2,1-3H3;1-2H3. The summed E-state index contributed by atoms with van der Waals surface area (Å²) in [6.07, 6.45) is 0. The van der Waals surface area contributed by atoms with Crippen molar-refractivity contribution in [2.24, 2.45) is 0 Å². The molecule has 0 unspecified atom stereocenters. The van der Waals surface area contributed by atoms with Gasteiger partial charge in [0.05, 0.1) is 12.2 Å². The van der Waals surface area contributed by atoms with Gasteiger partial charge in [-0.3, -0.25) is 0 Å². The summed E-state index contributed by atoms with van der Waals surface area (Å²) in [4.78, 5) is 2.25. The van der Waals surface area contributed by atoms with Crippen LogP contribution in [0.1, 0.15) is 25.0 Å². The monoisotopic (exact) mass is 207 g/mol. The van der Waals surface area contributed by atoms with Gasteiger partial charge in [-0.15, -0.1) is 0 Å². The molecule has 0 aliphatic carbocycles. The minimum Gasteiger partial charge on any atom is -0.489 e. The summed E-state index contributed by atoms with van der Waals surface area (Å²) in [7, 11) is 2.11. The lowest BCUT2D eigenvalue weighted by molar-refractivity contribution is 0.309. The average molecular weight is 207 g/mol. The topological polar surface area (TPSA) is 12.5 Å². The summed E-state index contributed by atoms with van der Waals surface area (Å²) >= 11 is 0. The van der Waals surface area contributed by atoms with Gasteiger partial charge in [0, 0.05) is 7.05 Å². The molecule has 0 saturated heterocycles. The summed E-state index contributed by atoms with van der Waals surface area (Å²) in [5, 5.41) is 0. The van der Waals surface area contributed by atoms with E-state index in [0.717, 1.165) is 18.9 Å². The number of aryl methyl sites for hydroxylation is 2. The Balaban J connectivity index is 0.000000531. The molecule has 0 aromatic heterocycles.